The van der Waals surface area contributed by atoms with Crippen molar-refractivity contribution in [2.75, 3.05) is 13.2 Å². The highest BCUT2D eigenvalue weighted by atomic mass is 19.1. The van der Waals surface area contributed by atoms with Gasteiger partial charge in [0, 0.05) is 23.9 Å². The zero-order valence-corrected chi connectivity index (χ0v) is 11.0. The molecule has 0 saturated carbocycles. The number of H-pyrrole nitrogens is 1. The Labute approximate surface area is 118 Å². The van der Waals surface area contributed by atoms with Crippen LogP contribution in [0.5, 0.6) is 0 Å². The molecule has 1 unspecified atom stereocenters. The van der Waals surface area contributed by atoms with Crippen molar-refractivity contribution >= 4 is 22.8 Å². The number of carboxylic acids is 1. The lowest BCUT2D eigenvalue weighted by atomic mass is 9.99. The van der Waals surface area contributed by atoms with Gasteiger partial charge in [-0.1, -0.05) is 6.07 Å². The van der Waals surface area contributed by atoms with Crippen molar-refractivity contribution in [2.24, 2.45) is 0 Å². The Balaban J connectivity index is 1.90. The number of ether oxygens (including phenoxy) is 1. The van der Waals surface area contributed by atoms with Crippen LogP contribution in [0.25, 0.3) is 10.9 Å². The summed E-state index contributed by atoms with van der Waals surface area (Å²) in [5.41, 5.74) is -0.831. The first-order valence-corrected chi connectivity index (χ1v) is 6.43. The van der Waals surface area contributed by atoms with Crippen molar-refractivity contribution < 1.29 is 23.8 Å². The van der Waals surface area contributed by atoms with Gasteiger partial charge in [0.1, 0.15) is 11.5 Å². The number of carbonyl (C=O) groups excluding carboxylic acids is 1. The van der Waals surface area contributed by atoms with E-state index in [1.54, 1.807) is 6.07 Å². The van der Waals surface area contributed by atoms with Gasteiger partial charge >= 0.3 is 5.97 Å². The Bertz CT molecular complexity index is 719. The van der Waals surface area contributed by atoms with Crippen LogP contribution >= 0.6 is 0 Å². The van der Waals surface area contributed by atoms with Gasteiger partial charge in [-0.2, -0.15) is 0 Å². The monoisotopic (exact) mass is 292 g/mol. The lowest BCUT2D eigenvalue weighted by Gasteiger charge is -2.23. The van der Waals surface area contributed by atoms with Gasteiger partial charge in [0.05, 0.1) is 6.61 Å². The van der Waals surface area contributed by atoms with Crippen LogP contribution in [0.3, 0.4) is 0 Å². The smallest absolute Gasteiger partial charge is 0.331 e. The van der Waals surface area contributed by atoms with Gasteiger partial charge in [-0.05, 0) is 18.2 Å². The van der Waals surface area contributed by atoms with E-state index in [9.17, 15) is 19.1 Å². The third-order valence-corrected chi connectivity index (χ3v) is 3.64. The van der Waals surface area contributed by atoms with Crippen LogP contribution in [0.4, 0.5) is 4.39 Å². The Morgan fingerprint density at radius 3 is 2.86 bits per heavy atom. The summed E-state index contributed by atoms with van der Waals surface area (Å²) in [5.74, 6) is -2.19. The fourth-order valence-electron chi connectivity index (χ4n) is 2.41. The molecule has 0 bridgehead atoms. The zero-order chi connectivity index (χ0) is 15.0. The minimum absolute atomic E-state index is 0.0807. The van der Waals surface area contributed by atoms with Crippen LogP contribution in [0.1, 0.15) is 16.9 Å². The normalized spacial score (nSPS) is 21.6. The van der Waals surface area contributed by atoms with Crippen molar-refractivity contribution in [3.05, 3.63) is 35.8 Å². The van der Waals surface area contributed by atoms with E-state index in [-0.39, 0.29) is 30.7 Å². The van der Waals surface area contributed by atoms with E-state index in [1.807, 2.05) is 0 Å². The number of hydrogen-bond acceptors (Lipinski definition) is 3. The first-order valence-electron chi connectivity index (χ1n) is 6.43. The summed E-state index contributed by atoms with van der Waals surface area (Å²) in [6, 6.07) is 5.83. The molecule has 1 aliphatic rings. The van der Waals surface area contributed by atoms with Crippen LogP contribution in [-0.4, -0.2) is 40.7 Å². The number of halogens is 1. The van der Waals surface area contributed by atoms with Gasteiger partial charge in [-0.3, -0.25) is 4.79 Å². The van der Waals surface area contributed by atoms with E-state index >= 15 is 0 Å². The van der Waals surface area contributed by atoms with E-state index < -0.39 is 23.2 Å². The molecule has 0 spiro atoms. The molecular formula is C14H13FN2O4. The summed E-state index contributed by atoms with van der Waals surface area (Å²) < 4.78 is 18.7. The van der Waals surface area contributed by atoms with Crippen LogP contribution in [0, 0.1) is 5.82 Å². The van der Waals surface area contributed by atoms with Crippen LogP contribution in [-0.2, 0) is 9.53 Å². The summed E-state index contributed by atoms with van der Waals surface area (Å²) in [6.45, 7) is 0.191. The van der Waals surface area contributed by atoms with Gasteiger partial charge in [-0.15, -0.1) is 0 Å². The molecule has 0 aliphatic carbocycles. The van der Waals surface area contributed by atoms with E-state index in [0.29, 0.717) is 5.52 Å². The quantitative estimate of drug-likeness (QED) is 0.794. The predicted molar refractivity (Wildman–Crippen MR) is 71.5 cm³/mol. The summed E-state index contributed by atoms with van der Waals surface area (Å²) in [6.07, 6.45) is 0.197. The summed E-state index contributed by atoms with van der Waals surface area (Å²) in [4.78, 5) is 26.3. The van der Waals surface area contributed by atoms with Crippen molar-refractivity contribution in [1.29, 1.82) is 0 Å². The van der Waals surface area contributed by atoms with E-state index in [0.717, 1.165) is 0 Å². The SMILES string of the molecule is O=C(NC1(C(=O)O)CCOC1)c1cc2c(F)cccc2[nH]1. The molecule has 1 aromatic carbocycles. The molecule has 2 heterocycles. The molecule has 1 aliphatic heterocycles. The summed E-state index contributed by atoms with van der Waals surface area (Å²) in [7, 11) is 0. The number of amides is 1. The first kappa shape index (κ1) is 13.6. The minimum atomic E-state index is -1.42. The third kappa shape index (κ3) is 2.25. The second kappa shape index (κ2) is 4.85. The number of aromatic amines is 1. The Kier molecular flexibility index (Phi) is 3.13. The Morgan fingerprint density at radius 2 is 2.24 bits per heavy atom. The molecule has 1 atom stereocenters. The number of hydrogen-bond donors (Lipinski definition) is 3. The molecule has 1 saturated heterocycles. The number of benzene rings is 1. The average Bonchev–Trinajstić information content (AvgIpc) is 3.06. The van der Waals surface area contributed by atoms with Gasteiger partial charge in [0.2, 0.25) is 0 Å². The molecule has 0 radical (unpaired) electrons. The minimum Gasteiger partial charge on any atom is -0.479 e. The largest absolute Gasteiger partial charge is 0.479 e. The molecule has 110 valence electrons. The molecular weight excluding hydrogens is 279 g/mol. The highest BCUT2D eigenvalue weighted by Crippen LogP contribution is 2.22. The highest BCUT2D eigenvalue weighted by molar-refractivity contribution is 6.00. The lowest BCUT2D eigenvalue weighted by molar-refractivity contribution is -0.144. The fraction of sp³-hybridized carbons (Fsp3) is 0.286. The van der Waals surface area contributed by atoms with E-state index in [4.69, 9.17) is 4.74 Å². The van der Waals surface area contributed by atoms with E-state index in [2.05, 4.69) is 10.3 Å². The maximum Gasteiger partial charge on any atom is 0.331 e. The lowest BCUT2D eigenvalue weighted by Crippen LogP contribution is -2.55. The van der Waals surface area contributed by atoms with Crippen molar-refractivity contribution in [2.45, 2.75) is 12.0 Å². The average molecular weight is 292 g/mol. The Morgan fingerprint density at radius 1 is 1.43 bits per heavy atom. The number of nitrogens with one attached hydrogen (secondary N) is 2. The van der Waals surface area contributed by atoms with Crippen LogP contribution in [0.15, 0.2) is 24.3 Å². The van der Waals surface area contributed by atoms with Gasteiger partial charge in [-0.25, -0.2) is 9.18 Å². The molecule has 3 N–H and O–H groups in total. The molecule has 1 aromatic heterocycles. The van der Waals surface area contributed by atoms with Crippen molar-refractivity contribution in [3.63, 3.8) is 0 Å². The van der Waals surface area contributed by atoms with Gasteiger partial charge in [0.25, 0.3) is 5.91 Å². The number of carbonyl (C=O) groups is 2. The number of fused-ring (bicyclic) bond motifs is 1. The highest BCUT2D eigenvalue weighted by Gasteiger charge is 2.44. The zero-order valence-electron chi connectivity index (χ0n) is 11.0. The predicted octanol–water partition coefficient (Wildman–Crippen LogP) is 1.28. The second-order valence-electron chi connectivity index (χ2n) is 5.03. The Hall–Kier alpha value is -2.41. The maximum atomic E-state index is 13.6. The number of aliphatic carboxylic acids is 1. The maximum absolute atomic E-state index is 13.6. The first-order chi connectivity index (χ1) is 10.0. The topological polar surface area (TPSA) is 91.4 Å². The summed E-state index contributed by atoms with van der Waals surface area (Å²) in [5, 5.41) is 12.0. The molecule has 7 heteroatoms. The molecule has 21 heavy (non-hydrogen) atoms. The fourth-order valence-corrected chi connectivity index (χ4v) is 2.41. The standard InChI is InChI=1S/C14H13FN2O4/c15-9-2-1-3-10-8(9)6-11(16-10)12(18)17-14(13(19)20)4-5-21-7-14/h1-3,6,16H,4-5,7H2,(H,17,18)(H,19,20). The van der Waals surface area contributed by atoms with Crippen molar-refractivity contribution in [3.8, 4) is 0 Å². The van der Waals surface area contributed by atoms with Crippen molar-refractivity contribution in [1.82, 2.24) is 10.3 Å². The van der Waals surface area contributed by atoms with Gasteiger partial charge < -0.3 is 20.1 Å². The van der Waals surface area contributed by atoms with E-state index in [1.165, 1.54) is 18.2 Å². The van der Waals surface area contributed by atoms with Gasteiger partial charge in [0.15, 0.2) is 5.54 Å². The summed E-state index contributed by atoms with van der Waals surface area (Å²) >= 11 is 0. The number of carboxylic acid groups (broad SMARTS) is 1. The molecule has 2 aromatic rings. The number of aromatic nitrogens is 1. The molecule has 1 amide bonds. The second-order valence-corrected chi connectivity index (χ2v) is 5.03. The van der Waals surface area contributed by atoms with Crippen LogP contribution < -0.4 is 5.32 Å². The van der Waals surface area contributed by atoms with Crippen LogP contribution in [0.2, 0.25) is 0 Å². The molecule has 6 nitrogen and oxygen atoms in total. The molecule has 3 rings (SSSR count). The number of rotatable bonds is 3. The molecule has 1 fully saturated rings. The third-order valence-electron chi connectivity index (χ3n) is 3.64.